The predicted molar refractivity (Wildman–Crippen MR) is 321 cm³/mol. The summed E-state index contributed by atoms with van der Waals surface area (Å²) in [6.45, 7) is 4.38. The van der Waals surface area contributed by atoms with Crippen LogP contribution in [0.3, 0.4) is 0 Å². The fourth-order valence-electron chi connectivity index (χ4n) is 12.7. The molecule has 8 nitrogen and oxygen atoms in total. The quantitative estimate of drug-likeness (QED) is 0.159. The number of fused-ring (bicyclic) bond motifs is 12. The molecule has 0 radical (unpaired) electrons. The third-order valence-corrected chi connectivity index (χ3v) is 16.0. The Morgan fingerprint density at radius 3 is 1.08 bits per heavy atom. The highest BCUT2D eigenvalue weighted by Gasteiger charge is 2.34. The Bertz CT molecular complexity index is 4840. The standard InChI is InChI=1S/C70H46N8/c1-43-28-30-60-52(38-43)53-39-44(2)29-31-61(53)76(60)68-66(65-47(45-16-5-3-6-17-45)23-15-24-48(65)46-18-7-4-8-19-46)67(75-57-25-12-9-20-49(57)54-40-71-35-32-62(54)75)69(77-58-26-13-10-21-50(58)55-41-72-36-33-63(55)77)74-70(68)78-59-27-14-11-22-51(59)56-42-73-37-34-64(56)78/h3-42H,1-2H3. The van der Waals surface area contributed by atoms with Crippen molar-refractivity contribution in [2.24, 2.45) is 0 Å². The molecular weight excluding hydrogens is 953 g/mol. The Labute approximate surface area is 448 Å². The van der Waals surface area contributed by atoms with Crippen LogP contribution >= 0.6 is 0 Å². The van der Waals surface area contributed by atoms with E-state index in [0.717, 1.165) is 133 Å². The van der Waals surface area contributed by atoms with Crippen molar-refractivity contribution in [3.8, 4) is 56.4 Å². The van der Waals surface area contributed by atoms with E-state index in [1.54, 1.807) is 0 Å². The van der Waals surface area contributed by atoms with Crippen LogP contribution in [0, 0.1) is 13.8 Å². The monoisotopic (exact) mass is 998 g/mol. The molecule has 0 fully saturated rings. The van der Waals surface area contributed by atoms with E-state index in [0.29, 0.717) is 0 Å². The normalized spacial score (nSPS) is 12.0. The molecule has 366 valence electrons. The first-order valence-electron chi connectivity index (χ1n) is 26.4. The van der Waals surface area contributed by atoms with Crippen LogP contribution in [-0.2, 0) is 0 Å². The van der Waals surface area contributed by atoms with Crippen LogP contribution in [0.25, 0.3) is 144 Å². The minimum absolute atomic E-state index is 0.745. The number of hydrogen-bond donors (Lipinski definition) is 0. The van der Waals surface area contributed by atoms with Gasteiger partial charge in [-0.25, -0.2) is 4.98 Å². The summed E-state index contributed by atoms with van der Waals surface area (Å²) in [7, 11) is 0. The van der Waals surface area contributed by atoms with Crippen LogP contribution in [-0.4, -0.2) is 38.2 Å². The lowest BCUT2D eigenvalue weighted by molar-refractivity contribution is 0.960. The number of hydrogen-bond acceptors (Lipinski definition) is 4. The van der Waals surface area contributed by atoms with Crippen LogP contribution in [0.15, 0.2) is 243 Å². The fraction of sp³-hybridized carbons (Fsp3) is 0.0286. The molecule has 0 aliphatic heterocycles. The SMILES string of the molecule is Cc1ccc2c(c1)c1cc(C)ccc1n2-c1c(-n2c3ccccc3c3cnccc32)nc(-n2c3ccccc3c3cnccc32)c(-n2c3ccccc3c3cnccc32)c1-c1c(-c2ccccc2)cccc1-c1ccccc1. The summed E-state index contributed by atoms with van der Waals surface area (Å²) in [6.07, 6.45) is 11.7. The van der Waals surface area contributed by atoms with Crippen LogP contribution in [0.4, 0.5) is 0 Å². The topological polar surface area (TPSA) is 71.3 Å². The largest absolute Gasteiger partial charge is 0.305 e. The van der Waals surface area contributed by atoms with Gasteiger partial charge in [-0.1, -0.05) is 157 Å². The molecule has 0 amide bonds. The molecule has 16 rings (SSSR count). The zero-order valence-electron chi connectivity index (χ0n) is 42.7. The first-order chi connectivity index (χ1) is 38.6. The summed E-state index contributed by atoms with van der Waals surface area (Å²) in [5.74, 6) is 1.50. The highest BCUT2D eigenvalue weighted by atomic mass is 15.2. The third kappa shape index (κ3) is 6.34. The zero-order valence-corrected chi connectivity index (χ0v) is 42.7. The van der Waals surface area contributed by atoms with E-state index in [2.05, 4.69) is 238 Å². The van der Waals surface area contributed by atoms with E-state index in [1.165, 1.54) is 21.9 Å². The van der Waals surface area contributed by atoms with Gasteiger partial charge in [0.05, 0.1) is 44.1 Å². The number of rotatable bonds is 7. The Morgan fingerprint density at radius 1 is 0.282 bits per heavy atom. The lowest BCUT2D eigenvalue weighted by atomic mass is 9.86. The smallest absolute Gasteiger partial charge is 0.165 e. The van der Waals surface area contributed by atoms with Gasteiger partial charge in [-0.3, -0.25) is 24.1 Å². The molecule has 8 heterocycles. The molecule has 8 aromatic heterocycles. The highest BCUT2D eigenvalue weighted by molar-refractivity contribution is 6.17. The van der Waals surface area contributed by atoms with Crippen LogP contribution in [0.1, 0.15) is 11.1 Å². The number of aryl methyl sites for hydroxylation is 2. The molecule has 0 saturated carbocycles. The summed E-state index contributed by atoms with van der Waals surface area (Å²) in [6, 6.07) is 75.0. The maximum Gasteiger partial charge on any atom is 0.165 e. The van der Waals surface area contributed by atoms with Crippen LogP contribution in [0.2, 0.25) is 0 Å². The Balaban J connectivity index is 1.28. The van der Waals surface area contributed by atoms with Crippen molar-refractivity contribution in [3.63, 3.8) is 0 Å². The van der Waals surface area contributed by atoms with E-state index in [1.807, 2.05) is 37.2 Å². The van der Waals surface area contributed by atoms with Crippen molar-refractivity contribution in [1.82, 2.24) is 38.2 Å². The second-order valence-corrected chi connectivity index (χ2v) is 20.4. The Kier molecular flexibility index (Phi) is 9.59. The second-order valence-electron chi connectivity index (χ2n) is 20.4. The van der Waals surface area contributed by atoms with E-state index >= 15 is 0 Å². The lowest BCUT2D eigenvalue weighted by Crippen LogP contribution is -2.16. The first kappa shape index (κ1) is 43.9. The molecular formula is C70H46N8. The molecule has 0 aliphatic carbocycles. The average Bonchev–Trinajstić information content (AvgIpc) is 4.26. The van der Waals surface area contributed by atoms with Gasteiger partial charge in [0.25, 0.3) is 0 Å². The van der Waals surface area contributed by atoms with Gasteiger partial charge in [-0.05, 0) is 96.8 Å². The lowest BCUT2D eigenvalue weighted by Gasteiger charge is -2.29. The average molecular weight is 999 g/mol. The summed E-state index contributed by atoms with van der Waals surface area (Å²) < 4.78 is 9.80. The third-order valence-electron chi connectivity index (χ3n) is 16.0. The molecule has 0 spiro atoms. The summed E-state index contributed by atoms with van der Waals surface area (Å²) in [4.78, 5) is 20.8. The van der Waals surface area contributed by atoms with E-state index < -0.39 is 0 Å². The van der Waals surface area contributed by atoms with Crippen LogP contribution < -0.4 is 0 Å². The summed E-state index contributed by atoms with van der Waals surface area (Å²) >= 11 is 0. The van der Waals surface area contributed by atoms with Crippen molar-refractivity contribution < 1.29 is 0 Å². The second kappa shape index (κ2) is 17.0. The van der Waals surface area contributed by atoms with E-state index in [9.17, 15) is 0 Å². The van der Waals surface area contributed by atoms with Gasteiger partial charge in [-0.15, -0.1) is 0 Å². The maximum atomic E-state index is 6.45. The number of pyridine rings is 4. The van der Waals surface area contributed by atoms with Crippen molar-refractivity contribution >= 4 is 87.2 Å². The molecule has 8 aromatic carbocycles. The summed E-state index contributed by atoms with van der Waals surface area (Å²) in [5.41, 5.74) is 18.8. The minimum Gasteiger partial charge on any atom is -0.305 e. The highest BCUT2D eigenvalue weighted by Crippen LogP contribution is 2.53. The minimum atomic E-state index is 0.745. The number of nitrogens with zero attached hydrogens (tertiary/aromatic N) is 8. The van der Waals surface area contributed by atoms with Gasteiger partial charge in [-0.2, -0.15) is 0 Å². The zero-order chi connectivity index (χ0) is 51.6. The van der Waals surface area contributed by atoms with E-state index in [-0.39, 0.29) is 0 Å². The molecule has 8 heteroatoms. The van der Waals surface area contributed by atoms with Crippen molar-refractivity contribution in [2.45, 2.75) is 13.8 Å². The molecule has 0 bridgehead atoms. The predicted octanol–water partition coefficient (Wildman–Crippen LogP) is 17.3. The molecule has 0 unspecified atom stereocenters. The van der Waals surface area contributed by atoms with Crippen LogP contribution in [0.5, 0.6) is 0 Å². The number of aromatic nitrogens is 8. The number of benzene rings is 8. The Hall–Kier alpha value is -10.4. The summed E-state index contributed by atoms with van der Waals surface area (Å²) in [5, 5.41) is 8.70. The van der Waals surface area contributed by atoms with Crippen molar-refractivity contribution in [1.29, 1.82) is 0 Å². The molecule has 0 saturated heterocycles. The molecule has 78 heavy (non-hydrogen) atoms. The van der Waals surface area contributed by atoms with Crippen molar-refractivity contribution in [2.75, 3.05) is 0 Å². The molecule has 0 atom stereocenters. The van der Waals surface area contributed by atoms with E-state index in [4.69, 9.17) is 19.9 Å². The first-order valence-corrected chi connectivity index (χ1v) is 26.4. The van der Waals surface area contributed by atoms with Gasteiger partial charge in [0, 0.05) is 91.4 Å². The van der Waals surface area contributed by atoms with Crippen molar-refractivity contribution in [3.05, 3.63) is 255 Å². The van der Waals surface area contributed by atoms with Gasteiger partial charge >= 0.3 is 0 Å². The molecule has 0 aliphatic rings. The van der Waals surface area contributed by atoms with Gasteiger partial charge in [0.15, 0.2) is 11.6 Å². The maximum absolute atomic E-state index is 6.45. The van der Waals surface area contributed by atoms with Gasteiger partial charge in [0.2, 0.25) is 0 Å². The molecule has 16 aromatic rings. The Morgan fingerprint density at radius 2 is 0.641 bits per heavy atom. The van der Waals surface area contributed by atoms with Gasteiger partial charge in [0.1, 0.15) is 11.4 Å². The van der Waals surface area contributed by atoms with Gasteiger partial charge < -0.3 is 9.13 Å². The number of para-hydroxylation sites is 3. The molecule has 0 N–H and O–H groups in total. The fourth-order valence-corrected chi connectivity index (χ4v) is 12.7.